The standard InChI is InChI=1S/C14H16ClNO2S/c1-9-4-5-19-14(9)8-16-11-7-13(18-3)12(17-2)6-10(11)15/h4-7,16H,8H2,1-3H3. The van der Waals surface area contributed by atoms with Crippen molar-refractivity contribution in [2.24, 2.45) is 0 Å². The van der Waals surface area contributed by atoms with E-state index in [1.807, 2.05) is 6.07 Å². The number of rotatable bonds is 5. The lowest BCUT2D eigenvalue weighted by Crippen LogP contribution is -2.00. The minimum Gasteiger partial charge on any atom is -0.493 e. The predicted octanol–water partition coefficient (Wildman–Crippen LogP) is 4.34. The zero-order valence-corrected chi connectivity index (χ0v) is 12.7. The second-order valence-electron chi connectivity index (χ2n) is 4.07. The Labute approximate surface area is 122 Å². The molecule has 3 nitrogen and oxygen atoms in total. The number of hydrogen-bond donors (Lipinski definition) is 1. The Morgan fingerprint density at radius 1 is 1.21 bits per heavy atom. The van der Waals surface area contributed by atoms with Crippen LogP contribution < -0.4 is 14.8 Å². The molecule has 0 radical (unpaired) electrons. The monoisotopic (exact) mass is 297 g/mol. The van der Waals surface area contributed by atoms with Crippen molar-refractivity contribution in [2.45, 2.75) is 13.5 Å². The zero-order chi connectivity index (χ0) is 13.8. The summed E-state index contributed by atoms with van der Waals surface area (Å²) in [5.41, 5.74) is 2.13. The van der Waals surface area contributed by atoms with Gasteiger partial charge in [-0.2, -0.15) is 0 Å². The summed E-state index contributed by atoms with van der Waals surface area (Å²) < 4.78 is 10.5. The maximum Gasteiger partial charge on any atom is 0.162 e. The van der Waals surface area contributed by atoms with Crippen LogP contribution in [-0.2, 0) is 6.54 Å². The SMILES string of the molecule is COc1cc(Cl)c(NCc2sccc2C)cc1OC. The number of anilines is 1. The normalized spacial score (nSPS) is 10.3. The van der Waals surface area contributed by atoms with Crippen molar-refractivity contribution in [1.82, 2.24) is 0 Å². The summed E-state index contributed by atoms with van der Waals surface area (Å²) in [4.78, 5) is 1.30. The van der Waals surface area contributed by atoms with Crippen LogP contribution in [0.1, 0.15) is 10.4 Å². The topological polar surface area (TPSA) is 30.5 Å². The van der Waals surface area contributed by atoms with Crippen LogP contribution in [0.15, 0.2) is 23.6 Å². The second-order valence-corrected chi connectivity index (χ2v) is 5.48. The van der Waals surface area contributed by atoms with E-state index in [9.17, 15) is 0 Å². The summed E-state index contributed by atoms with van der Waals surface area (Å²) in [5.74, 6) is 1.29. The van der Waals surface area contributed by atoms with Crippen LogP contribution in [0, 0.1) is 6.92 Å². The summed E-state index contributed by atoms with van der Waals surface area (Å²) in [5, 5.41) is 6.03. The van der Waals surface area contributed by atoms with Gasteiger partial charge in [-0.15, -0.1) is 11.3 Å². The average molecular weight is 298 g/mol. The maximum absolute atomic E-state index is 6.22. The molecule has 0 aliphatic rings. The van der Waals surface area contributed by atoms with E-state index in [0.717, 1.165) is 12.2 Å². The third kappa shape index (κ3) is 3.14. The molecule has 5 heteroatoms. The average Bonchev–Trinajstić information content (AvgIpc) is 2.82. The molecule has 0 spiro atoms. The largest absolute Gasteiger partial charge is 0.493 e. The molecule has 1 heterocycles. The van der Waals surface area contributed by atoms with E-state index >= 15 is 0 Å². The zero-order valence-electron chi connectivity index (χ0n) is 11.1. The summed E-state index contributed by atoms with van der Waals surface area (Å²) in [7, 11) is 3.20. The van der Waals surface area contributed by atoms with Crippen molar-refractivity contribution in [3.05, 3.63) is 39.0 Å². The summed E-state index contributed by atoms with van der Waals surface area (Å²) in [6, 6.07) is 5.71. The van der Waals surface area contributed by atoms with Crippen LogP contribution in [0.2, 0.25) is 5.02 Å². The fraction of sp³-hybridized carbons (Fsp3) is 0.286. The molecule has 1 aromatic heterocycles. The van der Waals surface area contributed by atoms with Gasteiger partial charge in [-0.3, -0.25) is 0 Å². The van der Waals surface area contributed by atoms with E-state index in [1.165, 1.54) is 10.4 Å². The number of methoxy groups -OCH3 is 2. The number of hydrogen-bond acceptors (Lipinski definition) is 4. The second kappa shape index (κ2) is 6.17. The Morgan fingerprint density at radius 2 is 1.89 bits per heavy atom. The number of aryl methyl sites for hydroxylation is 1. The van der Waals surface area contributed by atoms with Gasteiger partial charge in [-0.25, -0.2) is 0 Å². The van der Waals surface area contributed by atoms with Crippen LogP contribution >= 0.6 is 22.9 Å². The molecule has 102 valence electrons. The Hall–Kier alpha value is -1.39. The van der Waals surface area contributed by atoms with Gasteiger partial charge in [0.2, 0.25) is 0 Å². The fourth-order valence-corrected chi connectivity index (χ4v) is 2.82. The van der Waals surface area contributed by atoms with Crippen molar-refractivity contribution in [3.8, 4) is 11.5 Å². The molecule has 0 saturated heterocycles. The van der Waals surface area contributed by atoms with Crippen molar-refractivity contribution in [2.75, 3.05) is 19.5 Å². The summed E-state index contributed by atoms with van der Waals surface area (Å²) >= 11 is 7.95. The first kappa shape index (κ1) is 14.0. The van der Waals surface area contributed by atoms with E-state index in [2.05, 4.69) is 23.7 Å². The minimum atomic E-state index is 0.617. The molecule has 0 aliphatic carbocycles. The van der Waals surface area contributed by atoms with Crippen molar-refractivity contribution in [3.63, 3.8) is 0 Å². The predicted molar refractivity (Wildman–Crippen MR) is 80.9 cm³/mol. The van der Waals surface area contributed by atoms with E-state index in [4.69, 9.17) is 21.1 Å². The summed E-state index contributed by atoms with van der Waals surface area (Å²) in [6.07, 6.45) is 0. The van der Waals surface area contributed by atoms with Gasteiger partial charge in [-0.05, 0) is 23.9 Å². The first-order valence-corrected chi connectivity index (χ1v) is 7.09. The van der Waals surface area contributed by atoms with Crippen LogP contribution in [0.4, 0.5) is 5.69 Å². The van der Waals surface area contributed by atoms with Gasteiger partial charge in [0.25, 0.3) is 0 Å². The van der Waals surface area contributed by atoms with E-state index in [-0.39, 0.29) is 0 Å². The summed E-state index contributed by atoms with van der Waals surface area (Å²) in [6.45, 7) is 2.85. The van der Waals surface area contributed by atoms with Gasteiger partial charge < -0.3 is 14.8 Å². The smallest absolute Gasteiger partial charge is 0.162 e. The lowest BCUT2D eigenvalue weighted by atomic mass is 10.2. The van der Waals surface area contributed by atoms with Crippen LogP contribution in [0.3, 0.4) is 0 Å². The number of ether oxygens (including phenoxy) is 2. The van der Waals surface area contributed by atoms with E-state index in [0.29, 0.717) is 16.5 Å². The highest BCUT2D eigenvalue weighted by atomic mass is 35.5. The number of benzene rings is 1. The number of thiophene rings is 1. The molecule has 0 bridgehead atoms. The third-order valence-corrected chi connectivity index (χ3v) is 4.22. The quantitative estimate of drug-likeness (QED) is 0.890. The molecule has 0 unspecified atom stereocenters. The van der Waals surface area contributed by atoms with Crippen LogP contribution in [0.5, 0.6) is 11.5 Å². The highest BCUT2D eigenvalue weighted by Crippen LogP contribution is 2.36. The molecular formula is C14H16ClNO2S. The number of halogens is 1. The Morgan fingerprint density at radius 3 is 2.47 bits per heavy atom. The Balaban J connectivity index is 2.18. The lowest BCUT2D eigenvalue weighted by Gasteiger charge is -2.13. The van der Waals surface area contributed by atoms with Crippen LogP contribution in [0.25, 0.3) is 0 Å². The van der Waals surface area contributed by atoms with Crippen molar-refractivity contribution < 1.29 is 9.47 Å². The molecule has 0 atom stereocenters. The molecule has 0 amide bonds. The highest BCUT2D eigenvalue weighted by molar-refractivity contribution is 7.10. The molecule has 1 N–H and O–H groups in total. The third-order valence-electron chi connectivity index (χ3n) is 2.88. The first-order chi connectivity index (χ1) is 9.15. The minimum absolute atomic E-state index is 0.617. The molecule has 2 rings (SSSR count). The molecule has 0 aliphatic heterocycles. The maximum atomic E-state index is 6.22. The molecule has 0 saturated carbocycles. The molecular weight excluding hydrogens is 282 g/mol. The van der Waals surface area contributed by atoms with Crippen LogP contribution in [-0.4, -0.2) is 14.2 Å². The fourth-order valence-electron chi connectivity index (χ4n) is 1.75. The molecule has 2 aromatic rings. The van der Waals surface area contributed by atoms with Gasteiger partial charge in [0.05, 0.1) is 24.9 Å². The lowest BCUT2D eigenvalue weighted by molar-refractivity contribution is 0.355. The molecule has 1 aromatic carbocycles. The molecule has 19 heavy (non-hydrogen) atoms. The van der Waals surface area contributed by atoms with Crippen molar-refractivity contribution in [1.29, 1.82) is 0 Å². The highest BCUT2D eigenvalue weighted by Gasteiger charge is 2.10. The van der Waals surface area contributed by atoms with Gasteiger partial charge >= 0.3 is 0 Å². The van der Waals surface area contributed by atoms with Crippen molar-refractivity contribution >= 4 is 28.6 Å². The Kier molecular flexibility index (Phi) is 4.56. The number of nitrogens with one attached hydrogen (secondary N) is 1. The van der Waals surface area contributed by atoms with Gasteiger partial charge in [0, 0.05) is 23.6 Å². The molecule has 0 fully saturated rings. The van der Waals surface area contributed by atoms with Gasteiger partial charge in [0.15, 0.2) is 11.5 Å². The van der Waals surface area contributed by atoms with Gasteiger partial charge in [-0.1, -0.05) is 11.6 Å². The van der Waals surface area contributed by atoms with E-state index in [1.54, 1.807) is 31.6 Å². The van der Waals surface area contributed by atoms with Gasteiger partial charge in [0.1, 0.15) is 0 Å². The Bertz CT molecular complexity index is 569. The first-order valence-electron chi connectivity index (χ1n) is 5.84. The van der Waals surface area contributed by atoms with E-state index < -0.39 is 0 Å².